The van der Waals surface area contributed by atoms with E-state index in [-0.39, 0.29) is 15.6 Å². The van der Waals surface area contributed by atoms with Gasteiger partial charge in [-0.2, -0.15) is 5.10 Å². The maximum absolute atomic E-state index is 12.0. The number of aromatic nitrogens is 2. The Bertz CT molecular complexity index is 704. The van der Waals surface area contributed by atoms with Crippen LogP contribution in [0.15, 0.2) is 28.7 Å². The smallest absolute Gasteiger partial charge is 0.346 e. The quantitative estimate of drug-likeness (QED) is 0.826. The van der Waals surface area contributed by atoms with E-state index in [0.29, 0.717) is 12.1 Å². The summed E-state index contributed by atoms with van der Waals surface area (Å²) in [6.07, 6.45) is 3.34. The van der Waals surface area contributed by atoms with Crippen LogP contribution in [-0.2, 0) is 16.6 Å². The topological polar surface area (TPSA) is 101 Å². The second-order valence-corrected chi connectivity index (χ2v) is 7.10. The van der Waals surface area contributed by atoms with Crippen LogP contribution in [0.25, 0.3) is 0 Å². The van der Waals surface area contributed by atoms with Crippen molar-refractivity contribution in [1.82, 2.24) is 14.5 Å². The summed E-state index contributed by atoms with van der Waals surface area (Å²) in [7, 11) is -3.68. The summed E-state index contributed by atoms with van der Waals surface area (Å²) in [5, 5.41) is 12.9. The minimum absolute atomic E-state index is 0.00728. The van der Waals surface area contributed by atoms with Crippen molar-refractivity contribution in [3.05, 3.63) is 35.0 Å². The molecular formula is C11H13N3O4S2. The van der Waals surface area contributed by atoms with E-state index < -0.39 is 16.0 Å². The van der Waals surface area contributed by atoms with Gasteiger partial charge in [-0.15, -0.1) is 11.3 Å². The van der Waals surface area contributed by atoms with E-state index in [1.165, 1.54) is 6.07 Å². The number of aromatic carboxylic acids is 1. The van der Waals surface area contributed by atoms with Gasteiger partial charge in [0.05, 0.1) is 6.54 Å². The molecule has 0 amide bonds. The Hall–Kier alpha value is -1.71. The highest BCUT2D eigenvalue weighted by Gasteiger charge is 2.21. The second-order valence-electron chi connectivity index (χ2n) is 4.05. The van der Waals surface area contributed by atoms with Gasteiger partial charge in [-0.3, -0.25) is 4.68 Å². The van der Waals surface area contributed by atoms with Crippen LogP contribution in [0.2, 0.25) is 0 Å². The fourth-order valence-corrected chi connectivity index (χ4v) is 4.04. The van der Waals surface area contributed by atoms with Gasteiger partial charge in [0.15, 0.2) is 0 Å². The molecule has 0 atom stereocenters. The van der Waals surface area contributed by atoms with E-state index in [9.17, 15) is 13.2 Å². The number of nitrogens with one attached hydrogen (secondary N) is 1. The van der Waals surface area contributed by atoms with E-state index in [0.717, 1.165) is 11.3 Å². The lowest BCUT2D eigenvalue weighted by Crippen LogP contribution is -2.27. The van der Waals surface area contributed by atoms with Gasteiger partial charge in [-0.25, -0.2) is 17.9 Å². The number of hydrogen-bond acceptors (Lipinski definition) is 5. The number of aryl methyl sites for hydroxylation is 1. The van der Waals surface area contributed by atoms with E-state index in [2.05, 4.69) is 9.82 Å². The first-order chi connectivity index (χ1) is 9.40. The van der Waals surface area contributed by atoms with Gasteiger partial charge < -0.3 is 5.11 Å². The van der Waals surface area contributed by atoms with Crippen molar-refractivity contribution in [2.45, 2.75) is 17.7 Å². The molecule has 2 N–H and O–H groups in total. The van der Waals surface area contributed by atoms with Crippen LogP contribution in [0.1, 0.15) is 15.2 Å². The number of sulfonamides is 1. The summed E-state index contributed by atoms with van der Waals surface area (Å²) >= 11 is 0.750. The number of carboxylic acids is 1. The monoisotopic (exact) mass is 315 g/mol. The van der Waals surface area contributed by atoms with Crippen LogP contribution in [0.3, 0.4) is 0 Å². The lowest BCUT2D eigenvalue weighted by molar-refractivity contribution is 0.0701. The van der Waals surface area contributed by atoms with Crippen molar-refractivity contribution in [3.63, 3.8) is 0 Å². The summed E-state index contributed by atoms with van der Waals surface area (Å²) < 4.78 is 28.1. The average Bonchev–Trinajstić information content (AvgIpc) is 2.98. The molecule has 0 unspecified atom stereocenters. The minimum atomic E-state index is -3.68. The highest BCUT2D eigenvalue weighted by molar-refractivity contribution is 7.91. The Morgan fingerprint density at radius 2 is 2.30 bits per heavy atom. The zero-order valence-electron chi connectivity index (χ0n) is 10.6. The highest BCUT2D eigenvalue weighted by Crippen LogP contribution is 2.25. The van der Waals surface area contributed by atoms with Crippen molar-refractivity contribution in [3.8, 4) is 0 Å². The second kappa shape index (κ2) is 5.73. The molecule has 2 rings (SSSR count). The molecule has 0 saturated carbocycles. The van der Waals surface area contributed by atoms with Gasteiger partial charge in [0.25, 0.3) is 0 Å². The van der Waals surface area contributed by atoms with Gasteiger partial charge in [0.2, 0.25) is 10.0 Å². The lowest BCUT2D eigenvalue weighted by Gasteiger charge is -2.04. The zero-order chi connectivity index (χ0) is 14.8. The van der Waals surface area contributed by atoms with Gasteiger partial charge in [0.1, 0.15) is 9.09 Å². The average molecular weight is 315 g/mol. The first-order valence-electron chi connectivity index (χ1n) is 5.71. The summed E-state index contributed by atoms with van der Waals surface area (Å²) in [6.45, 7) is 2.16. The van der Waals surface area contributed by atoms with Crippen molar-refractivity contribution in [2.24, 2.45) is 0 Å². The number of rotatable bonds is 6. The molecular weight excluding hydrogens is 302 g/mol. The molecule has 0 bridgehead atoms. The SMILES string of the molecule is Cc1cc(S(=O)(=O)NCCn2cccn2)sc1C(=O)O. The summed E-state index contributed by atoms with van der Waals surface area (Å²) in [5.74, 6) is -1.12. The fraction of sp³-hybridized carbons (Fsp3) is 0.273. The van der Waals surface area contributed by atoms with Crippen LogP contribution >= 0.6 is 11.3 Å². The Morgan fingerprint density at radius 1 is 1.55 bits per heavy atom. The predicted molar refractivity (Wildman–Crippen MR) is 73.4 cm³/mol. The van der Waals surface area contributed by atoms with Crippen molar-refractivity contribution in [2.75, 3.05) is 6.54 Å². The Labute approximate surface area is 119 Å². The van der Waals surface area contributed by atoms with Gasteiger partial charge in [0, 0.05) is 18.9 Å². The zero-order valence-corrected chi connectivity index (χ0v) is 12.2. The molecule has 2 aromatic heterocycles. The number of hydrogen-bond donors (Lipinski definition) is 2. The molecule has 0 aliphatic rings. The standard InChI is InChI=1S/C11H13N3O4S2/c1-8-7-9(19-10(8)11(15)16)20(17,18)13-4-6-14-5-2-3-12-14/h2-3,5,7,13H,4,6H2,1H3,(H,15,16). The number of nitrogens with zero attached hydrogens (tertiary/aromatic N) is 2. The molecule has 20 heavy (non-hydrogen) atoms. The maximum Gasteiger partial charge on any atom is 0.346 e. The van der Waals surface area contributed by atoms with Crippen LogP contribution in [-0.4, -0.2) is 35.8 Å². The lowest BCUT2D eigenvalue weighted by atomic mass is 10.3. The molecule has 0 radical (unpaired) electrons. The van der Waals surface area contributed by atoms with Crippen molar-refractivity contribution in [1.29, 1.82) is 0 Å². The van der Waals surface area contributed by atoms with Gasteiger partial charge >= 0.3 is 5.97 Å². The van der Waals surface area contributed by atoms with Crippen LogP contribution in [0.4, 0.5) is 0 Å². The molecule has 2 aromatic rings. The summed E-state index contributed by atoms with van der Waals surface area (Å²) in [5.41, 5.74) is 0.440. The number of carbonyl (C=O) groups is 1. The fourth-order valence-electron chi connectivity index (χ4n) is 1.60. The molecule has 2 heterocycles. The third-order valence-corrected chi connectivity index (χ3v) is 5.71. The van der Waals surface area contributed by atoms with Gasteiger partial charge in [-0.05, 0) is 24.6 Å². The normalized spacial score (nSPS) is 11.7. The molecule has 0 fully saturated rings. The summed E-state index contributed by atoms with van der Waals surface area (Å²) in [4.78, 5) is 11.0. The molecule has 0 aliphatic carbocycles. The van der Waals surface area contributed by atoms with Crippen LogP contribution < -0.4 is 4.72 Å². The molecule has 7 nitrogen and oxygen atoms in total. The summed E-state index contributed by atoms with van der Waals surface area (Å²) in [6, 6.07) is 3.11. The molecule has 0 spiro atoms. The molecule has 0 aromatic carbocycles. The van der Waals surface area contributed by atoms with E-state index in [4.69, 9.17) is 5.11 Å². The molecule has 0 saturated heterocycles. The van der Waals surface area contributed by atoms with Gasteiger partial charge in [-0.1, -0.05) is 0 Å². The van der Waals surface area contributed by atoms with Crippen LogP contribution in [0.5, 0.6) is 0 Å². The van der Waals surface area contributed by atoms with E-state index in [1.54, 1.807) is 30.1 Å². The molecule has 9 heteroatoms. The number of thiophene rings is 1. The van der Waals surface area contributed by atoms with Crippen LogP contribution in [0, 0.1) is 6.92 Å². The molecule has 0 aliphatic heterocycles. The third kappa shape index (κ3) is 3.24. The van der Waals surface area contributed by atoms with E-state index >= 15 is 0 Å². The highest BCUT2D eigenvalue weighted by atomic mass is 32.2. The predicted octanol–water partition coefficient (Wildman–Crippen LogP) is 0.930. The van der Waals surface area contributed by atoms with E-state index in [1.807, 2.05) is 0 Å². The number of carboxylic acid groups (broad SMARTS) is 1. The first-order valence-corrected chi connectivity index (χ1v) is 8.01. The van der Waals surface area contributed by atoms with Crippen molar-refractivity contribution < 1.29 is 18.3 Å². The molecule has 108 valence electrons. The minimum Gasteiger partial charge on any atom is -0.477 e. The Balaban J connectivity index is 2.06. The largest absolute Gasteiger partial charge is 0.477 e. The first kappa shape index (κ1) is 14.7. The van der Waals surface area contributed by atoms with Crippen molar-refractivity contribution >= 4 is 27.3 Å². The maximum atomic E-state index is 12.0. The Kier molecular flexibility index (Phi) is 4.21. The third-order valence-electron chi connectivity index (χ3n) is 2.55. The Morgan fingerprint density at radius 3 is 2.85 bits per heavy atom.